The summed E-state index contributed by atoms with van der Waals surface area (Å²) in [4.78, 5) is 9.30. The number of ether oxygens (including phenoxy) is 1. The summed E-state index contributed by atoms with van der Waals surface area (Å²) in [6.45, 7) is 4.90. The van der Waals surface area contributed by atoms with E-state index in [0.29, 0.717) is 13.0 Å². The fourth-order valence-electron chi connectivity index (χ4n) is 4.13. The Hall–Kier alpha value is 0.668. The Morgan fingerprint density at radius 3 is 1.37 bits per heavy atom. The van der Waals surface area contributed by atoms with Gasteiger partial charge in [-0.2, -0.15) is 0 Å². The molecule has 0 aromatic carbocycles. The Bertz CT molecular complexity index is 415. The van der Waals surface area contributed by atoms with Crippen molar-refractivity contribution in [1.82, 2.24) is 0 Å². The molecule has 0 aliphatic rings. The average molecular weight is 513 g/mol. The van der Waals surface area contributed by atoms with E-state index in [2.05, 4.69) is 24.1 Å². The summed E-state index contributed by atoms with van der Waals surface area (Å²) >= 11 is -2.43. The van der Waals surface area contributed by atoms with Gasteiger partial charge in [0.05, 0.1) is 0 Å². The fourth-order valence-corrected chi connectivity index (χ4v) is 10.7. The molecule has 0 rings (SSSR count). The van der Waals surface area contributed by atoms with Crippen LogP contribution in [-0.4, -0.2) is 29.6 Å². The van der Waals surface area contributed by atoms with Crippen molar-refractivity contribution < 1.29 is 18.7 Å². The van der Waals surface area contributed by atoms with Gasteiger partial charge in [-0.3, -0.25) is 0 Å². The summed E-state index contributed by atoms with van der Waals surface area (Å²) in [6.07, 6.45) is 22.3. The van der Waals surface area contributed by atoms with E-state index in [1.165, 1.54) is 96.3 Å². The first-order valence-corrected chi connectivity index (χ1v) is 21.5. The molecule has 0 aromatic heterocycles. The monoisotopic (exact) mass is 512 g/mol. The van der Waals surface area contributed by atoms with Crippen LogP contribution in [0.5, 0.6) is 0 Å². The number of hydrogen-bond acceptors (Lipinski definition) is 3. The van der Waals surface area contributed by atoms with E-state index in [1.54, 1.807) is 0 Å². The van der Waals surface area contributed by atoms with E-state index >= 15 is 0 Å². The van der Waals surface area contributed by atoms with Gasteiger partial charge in [-0.1, -0.05) is 51.9 Å². The first-order chi connectivity index (χ1) is 14.3. The van der Waals surface area contributed by atoms with E-state index in [9.17, 15) is 9.46 Å². The van der Waals surface area contributed by atoms with E-state index in [0.717, 1.165) is 6.42 Å². The summed E-state index contributed by atoms with van der Waals surface area (Å²) in [6, 6.07) is 0. The summed E-state index contributed by atoms with van der Waals surface area (Å²) in [5, 5.41) is 0. The molecule has 2 unspecified atom stereocenters. The van der Waals surface area contributed by atoms with Crippen LogP contribution in [0.2, 0.25) is 17.1 Å². The standard InChI is InChI=1S/C24H54AsO4P/c1-6-8-9-10-11-12-13-14-15-16-17-18-19-20-21-22-23-28-24(7-2,25(3,4)5)29-30(26)27/h25,30H,6-23H2,1-5H3,(H,26,27). The first kappa shape index (κ1) is 30.7. The van der Waals surface area contributed by atoms with Crippen molar-refractivity contribution in [2.24, 2.45) is 0 Å². The predicted molar refractivity (Wildman–Crippen MR) is 136 cm³/mol. The third-order valence-corrected chi connectivity index (χ3v) is 13.2. The molecule has 184 valence electrons. The molecule has 6 heteroatoms. The van der Waals surface area contributed by atoms with Crippen LogP contribution in [0.25, 0.3) is 0 Å². The molecule has 0 aromatic rings. The van der Waals surface area contributed by atoms with E-state index in [1.807, 2.05) is 6.92 Å². The minimum atomic E-state index is -2.99. The molecule has 2 atom stereocenters. The molecule has 0 spiro atoms. The molecule has 0 radical (unpaired) electrons. The molecule has 0 aliphatic carbocycles. The van der Waals surface area contributed by atoms with Gasteiger partial charge in [0, 0.05) is 0 Å². The van der Waals surface area contributed by atoms with E-state index in [-0.39, 0.29) is 0 Å². The second-order valence-electron chi connectivity index (χ2n) is 9.88. The quantitative estimate of drug-likeness (QED) is 0.0685. The van der Waals surface area contributed by atoms with Crippen LogP contribution in [0.15, 0.2) is 0 Å². The molecule has 0 heterocycles. The molecule has 30 heavy (non-hydrogen) atoms. The summed E-state index contributed by atoms with van der Waals surface area (Å²) in [5.41, 5.74) is 6.55. The maximum absolute atomic E-state index is 11.3. The Labute approximate surface area is 191 Å². The molecule has 0 aliphatic heterocycles. The zero-order chi connectivity index (χ0) is 22.7. The summed E-state index contributed by atoms with van der Waals surface area (Å²) < 4.78 is 22.1. The molecular formula is C24H54AsO4P. The molecule has 0 bridgehead atoms. The molecule has 0 amide bonds. The van der Waals surface area contributed by atoms with Crippen LogP contribution in [0.1, 0.15) is 123 Å². The second kappa shape index (κ2) is 19.2. The fraction of sp³-hybridized carbons (Fsp3) is 1.00. The van der Waals surface area contributed by atoms with Crippen molar-refractivity contribution in [3.05, 3.63) is 0 Å². The van der Waals surface area contributed by atoms with Crippen LogP contribution in [-0.2, 0) is 13.8 Å². The third kappa shape index (κ3) is 15.5. The second-order valence-corrected chi connectivity index (χ2v) is 21.7. The van der Waals surface area contributed by atoms with Gasteiger partial charge in [0.2, 0.25) is 0 Å². The first-order valence-electron chi connectivity index (χ1n) is 12.8. The SMILES string of the molecule is CCCCCCCCCCCCCCCCCCOC(CC)(O[PH](=O)O)[AsH](C)(C)C. The van der Waals surface area contributed by atoms with Gasteiger partial charge in [-0.05, 0) is 0 Å². The topological polar surface area (TPSA) is 55.8 Å². The molecule has 4 nitrogen and oxygen atoms in total. The van der Waals surface area contributed by atoms with Crippen molar-refractivity contribution in [2.45, 2.75) is 145 Å². The van der Waals surface area contributed by atoms with Gasteiger partial charge < -0.3 is 0 Å². The van der Waals surface area contributed by atoms with Crippen molar-refractivity contribution in [2.75, 3.05) is 6.61 Å². The van der Waals surface area contributed by atoms with Crippen molar-refractivity contribution in [1.29, 1.82) is 0 Å². The normalized spacial score (nSPS) is 15.8. The van der Waals surface area contributed by atoms with Crippen molar-refractivity contribution in [3.8, 4) is 0 Å². The minimum absolute atomic E-state index is 0.629. The van der Waals surface area contributed by atoms with Crippen molar-refractivity contribution in [3.63, 3.8) is 0 Å². The number of hydrogen-bond donors (Lipinski definition) is 1. The summed E-state index contributed by atoms with van der Waals surface area (Å²) in [5.74, 6) is 0. The molecule has 0 fully saturated rings. The van der Waals surface area contributed by atoms with Gasteiger partial charge in [0.1, 0.15) is 0 Å². The zero-order valence-electron chi connectivity index (χ0n) is 20.9. The van der Waals surface area contributed by atoms with Gasteiger partial charge in [-0.25, -0.2) is 0 Å². The average Bonchev–Trinajstić information content (AvgIpc) is 2.68. The molecule has 1 N–H and O–H groups in total. The van der Waals surface area contributed by atoms with Gasteiger partial charge >= 0.3 is 140 Å². The zero-order valence-corrected chi connectivity index (χ0v) is 24.0. The van der Waals surface area contributed by atoms with Gasteiger partial charge in [0.15, 0.2) is 0 Å². The van der Waals surface area contributed by atoms with Gasteiger partial charge in [0.25, 0.3) is 0 Å². The summed E-state index contributed by atoms with van der Waals surface area (Å²) in [7, 11) is -2.99. The van der Waals surface area contributed by atoms with Gasteiger partial charge in [-0.15, -0.1) is 0 Å². The molecule has 0 saturated heterocycles. The molecule has 0 saturated carbocycles. The van der Waals surface area contributed by atoms with Crippen LogP contribution in [0.4, 0.5) is 0 Å². The van der Waals surface area contributed by atoms with E-state index < -0.39 is 26.4 Å². The molecular weight excluding hydrogens is 458 g/mol. The Morgan fingerprint density at radius 2 is 1.07 bits per heavy atom. The van der Waals surface area contributed by atoms with Crippen LogP contribution in [0.3, 0.4) is 0 Å². The number of rotatable bonds is 22. The Balaban J connectivity index is 3.59. The van der Waals surface area contributed by atoms with Crippen LogP contribution < -0.4 is 0 Å². The maximum atomic E-state index is 11.3. The van der Waals surface area contributed by atoms with Crippen molar-refractivity contribution >= 4 is 21.8 Å². The van der Waals surface area contributed by atoms with E-state index in [4.69, 9.17) is 9.26 Å². The number of unbranched alkanes of at least 4 members (excludes halogenated alkanes) is 15. The van der Waals surface area contributed by atoms with Crippen LogP contribution in [0, 0.1) is 0 Å². The Morgan fingerprint density at radius 1 is 0.700 bits per heavy atom. The van der Waals surface area contributed by atoms with Crippen LogP contribution >= 0.6 is 8.25 Å². The predicted octanol–water partition coefficient (Wildman–Crippen LogP) is 8.38. The third-order valence-electron chi connectivity index (χ3n) is 6.19. The Kier molecular flexibility index (Phi) is 19.6.